The summed E-state index contributed by atoms with van der Waals surface area (Å²) in [6.07, 6.45) is 1.42. The molecule has 0 saturated heterocycles. The maximum Gasteiger partial charge on any atom is 0.341 e. The number of ether oxygens (including phenoxy) is 1. The number of nitrogens with two attached hydrogens (primary N) is 1. The van der Waals surface area contributed by atoms with E-state index in [1.165, 1.54) is 13.4 Å². The molecule has 0 radical (unpaired) electrons. The van der Waals surface area contributed by atoms with Gasteiger partial charge in [0.05, 0.1) is 19.9 Å². The molecule has 0 fully saturated rings. The Bertz CT molecular complexity index is 269. The number of furan rings is 1. The largest absolute Gasteiger partial charge is 0.467 e. The molecule has 1 rings (SSSR count). The van der Waals surface area contributed by atoms with E-state index >= 15 is 0 Å². The molecule has 0 unspecified atom stereocenters. The van der Waals surface area contributed by atoms with Crippen LogP contribution in [0, 0.1) is 0 Å². The summed E-state index contributed by atoms with van der Waals surface area (Å²) in [5, 5.41) is 0. The molecule has 66 valence electrons. The lowest BCUT2D eigenvalue weighted by Crippen LogP contribution is -2.21. The Kier molecular flexibility index (Phi) is 2.84. The Morgan fingerprint density at radius 2 is 2.58 bits per heavy atom. The number of methoxy groups -OCH3 is 1. The number of carbonyl (C=O) groups is 1. The number of hydrogen-bond acceptors (Lipinski definition) is 5. The van der Waals surface area contributed by atoms with Gasteiger partial charge in [0.15, 0.2) is 0 Å². The van der Waals surface area contributed by atoms with Crippen LogP contribution in [0.1, 0.15) is 16.1 Å². The Hall–Kier alpha value is -1.33. The van der Waals surface area contributed by atoms with Crippen LogP contribution in [-0.2, 0) is 11.3 Å². The molecule has 0 atom stereocenters. The number of carbonyl (C=O) groups excluding carboxylic acids is 1. The highest BCUT2D eigenvalue weighted by atomic mass is 16.5. The number of hydrogen-bond donors (Lipinski definition) is 2. The van der Waals surface area contributed by atoms with E-state index in [0.717, 1.165) is 0 Å². The molecular formula is C7H10N2O3. The van der Waals surface area contributed by atoms with Crippen molar-refractivity contribution in [3.05, 3.63) is 23.7 Å². The number of hydrazine groups is 1. The van der Waals surface area contributed by atoms with Crippen LogP contribution in [0.25, 0.3) is 0 Å². The van der Waals surface area contributed by atoms with E-state index in [4.69, 9.17) is 10.3 Å². The summed E-state index contributed by atoms with van der Waals surface area (Å²) in [7, 11) is 1.31. The van der Waals surface area contributed by atoms with Crippen LogP contribution in [-0.4, -0.2) is 13.1 Å². The first-order valence-corrected chi connectivity index (χ1v) is 3.37. The highest BCUT2D eigenvalue weighted by Gasteiger charge is 2.13. The SMILES string of the molecule is COC(=O)c1ccoc1CNN. The summed E-state index contributed by atoms with van der Waals surface area (Å²) >= 11 is 0. The van der Waals surface area contributed by atoms with Crippen LogP contribution >= 0.6 is 0 Å². The first-order valence-electron chi connectivity index (χ1n) is 3.37. The van der Waals surface area contributed by atoms with Crippen molar-refractivity contribution >= 4 is 5.97 Å². The lowest BCUT2D eigenvalue weighted by molar-refractivity contribution is 0.0598. The summed E-state index contributed by atoms with van der Waals surface area (Å²) in [5.41, 5.74) is 2.79. The van der Waals surface area contributed by atoms with Gasteiger partial charge in [0.25, 0.3) is 0 Å². The molecule has 5 nitrogen and oxygen atoms in total. The fourth-order valence-electron chi connectivity index (χ4n) is 0.862. The van der Waals surface area contributed by atoms with Gasteiger partial charge in [-0.25, -0.2) is 4.79 Å². The van der Waals surface area contributed by atoms with Gasteiger partial charge < -0.3 is 9.15 Å². The minimum Gasteiger partial charge on any atom is -0.467 e. The predicted octanol–water partition coefficient (Wildman–Crippen LogP) is 0.0295. The highest BCUT2D eigenvalue weighted by molar-refractivity contribution is 5.90. The van der Waals surface area contributed by atoms with Gasteiger partial charge in [-0.15, -0.1) is 0 Å². The van der Waals surface area contributed by atoms with E-state index in [0.29, 0.717) is 17.9 Å². The lowest BCUT2D eigenvalue weighted by Gasteiger charge is -1.98. The Morgan fingerprint density at radius 1 is 1.83 bits per heavy atom. The molecule has 0 spiro atoms. The van der Waals surface area contributed by atoms with Crippen molar-refractivity contribution < 1.29 is 13.9 Å². The van der Waals surface area contributed by atoms with Crippen LogP contribution in [0.4, 0.5) is 0 Å². The zero-order chi connectivity index (χ0) is 8.97. The molecule has 0 aromatic carbocycles. The van der Waals surface area contributed by atoms with Crippen molar-refractivity contribution in [2.45, 2.75) is 6.54 Å². The lowest BCUT2D eigenvalue weighted by atomic mass is 10.2. The molecule has 0 aliphatic carbocycles. The molecule has 1 aromatic heterocycles. The number of esters is 1. The second-order valence-electron chi connectivity index (χ2n) is 2.13. The van der Waals surface area contributed by atoms with Gasteiger partial charge in [0.1, 0.15) is 11.3 Å². The topological polar surface area (TPSA) is 77.5 Å². The summed E-state index contributed by atoms with van der Waals surface area (Å²) < 4.78 is 9.50. The van der Waals surface area contributed by atoms with Gasteiger partial charge in [-0.1, -0.05) is 0 Å². The maximum absolute atomic E-state index is 11.0. The van der Waals surface area contributed by atoms with Gasteiger partial charge in [-0.3, -0.25) is 11.3 Å². The van der Waals surface area contributed by atoms with Crippen LogP contribution in [0.5, 0.6) is 0 Å². The van der Waals surface area contributed by atoms with Crippen LogP contribution < -0.4 is 11.3 Å². The van der Waals surface area contributed by atoms with Gasteiger partial charge in [0, 0.05) is 0 Å². The summed E-state index contributed by atoms with van der Waals surface area (Å²) in [4.78, 5) is 11.0. The van der Waals surface area contributed by atoms with Gasteiger partial charge in [-0.05, 0) is 6.07 Å². The summed E-state index contributed by atoms with van der Waals surface area (Å²) in [5.74, 6) is 5.12. The molecular weight excluding hydrogens is 160 g/mol. The smallest absolute Gasteiger partial charge is 0.341 e. The van der Waals surface area contributed by atoms with Gasteiger partial charge >= 0.3 is 5.97 Å². The number of nitrogens with one attached hydrogen (secondary N) is 1. The van der Waals surface area contributed by atoms with E-state index in [9.17, 15) is 4.79 Å². The van der Waals surface area contributed by atoms with Crippen LogP contribution in [0.3, 0.4) is 0 Å². The van der Waals surface area contributed by atoms with Crippen molar-refractivity contribution in [3.8, 4) is 0 Å². The molecule has 0 amide bonds. The third-order valence-corrected chi connectivity index (χ3v) is 1.41. The van der Waals surface area contributed by atoms with Crippen molar-refractivity contribution in [1.29, 1.82) is 0 Å². The molecule has 12 heavy (non-hydrogen) atoms. The molecule has 3 N–H and O–H groups in total. The minimum absolute atomic E-state index is 0.303. The quantitative estimate of drug-likeness (QED) is 0.380. The first-order chi connectivity index (χ1) is 5.79. The standard InChI is InChI=1S/C7H10N2O3/c1-11-7(10)5-2-3-12-6(5)4-9-8/h2-3,9H,4,8H2,1H3. The fraction of sp³-hybridized carbons (Fsp3) is 0.286. The highest BCUT2D eigenvalue weighted by Crippen LogP contribution is 2.10. The second kappa shape index (κ2) is 3.89. The minimum atomic E-state index is -0.422. The van der Waals surface area contributed by atoms with E-state index in [1.54, 1.807) is 6.07 Å². The molecule has 0 bridgehead atoms. The molecule has 5 heteroatoms. The van der Waals surface area contributed by atoms with E-state index < -0.39 is 5.97 Å². The average Bonchev–Trinajstić information content (AvgIpc) is 2.52. The Morgan fingerprint density at radius 3 is 3.17 bits per heavy atom. The van der Waals surface area contributed by atoms with Gasteiger partial charge in [-0.2, -0.15) is 0 Å². The van der Waals surface area contributed by atoms with Crippen molar-refractivity contribution in [2.24, 2.45) is 5.84 Å². The molecule has 1 aromatic rings. The fourth-order valence-corrected chi connectivity index (χ4v) is 0.862. The van der Waals surface area contributed by atoms with Crippen molar-refractivity contribution in [2.75, 3.05) is 7.11 Å². The first kappa shape index (κ1) is 8.76. The molecule has 0 aliphatic rings. The zero-order valence-electron chi connectivity index (χ0n) is 6.66. The number of rotatable bonds is 3. The average molecular weight is 170 g/mol. The second-order valence-corrected chi connectivity index (χ2v) is 2.13. The molecule has 1 heterocycles. The zero-order valence-corrected chi connectivity index (χ0v) is 6.66. The third kappa shape index (κ3) is 1.63. The van der Waals surface area contributed by atoms with Crippen LogP contribution in [0.15, 0.2) is 16.7 Å². The summed E-state index contributed by atoms with van der Waals surface area (Å²) in [6, 6.07) is 1.54. The van der Waals surface area contributed by atoms with E-state index in [2.05, 4.69) is 10.2 Å². The van der Waals surface area contributed by atoms with Crippen molar-refractivity contribution in [1.82, 2.24) is 5.43 Å². The van der Waals surface area contributed by atoms with Gasteiger partial charge in [0.2, 0.25) is 0 Å². The summed E-state index contributed by atoms with van der Waals surface area (Å²) in [6.45, 7) is 0.303. The molecule has 0 saturated carbocycles. The van der Waals surface area contributed by atoms with E-state index in [1.807, 2.05) is 0 Å². The molecule has 0 aliphatic heterocycles. The van der Waals surface area contributed by atoms with E-state index in [-0.39, 0.29) is 0 Å². The monoisotopic (exact) mass is 170 g/mol. The predicted molar refractivity (Wildman–Crippen MR) is 41.1 cm³/mol. The normalized spacial score (nSPS) is 9.83. The Labute approximate surface area is 69.5 Å². The van der Waals surface area contributed by atoms with Crippen molar-refractivity contribution in [3.63, 3.8) is 0 Å². The maximum atomic E-state index is 11.0. The van der Waals surface area contributed by atoms with Crippen LogP contribution in [0.2, 0.25) is 0 Å². The third-order valence-electron chi connectivity index (χ3n) is 1.41. The Balaban J connectivity index is 2.83.